The number of halogens is 1. The summed E-state index contributed by atoms with van der Waals surface area (Å²) in [5, 5.41) is 5.71. The predicted molar refractivity (Wildman–Crippen MR) is 92.4 cm³/mol. The van der Waals surface area contributed by atoms with E-state index in [0.29, 0.717) is 26.2 Å². The molecule has 1 heterocycles. The normalized spacial score (nSPS) is 15.7. The first-order valence-electron chi connectivity index (χ1n) is 7.85. The van der Waals surface area contributed by atoms with E-state index < -0.39 is 21.7 Å². The molecule has 25 heavy (non-hydrogen) atoms. The Morgan fingerprint density at radius 2 is 1.68 bits per heavy atom. The molecule has 0 atom stereocenters. The predicted octanol–water partition coefficient (Wildman–Crippen LogP) is 1.67. The van der Waals surface area contributed by atoms with E-state index in [1.54, 1.807) is 12.1 Å². The lowest BCUT2D eigenvalue weighted by atomic mass is 10.2. The highest BCUT2D eigenvalue weighted by Crippen LogP contribution is 2.25. The average molecular weight is 363 g/mol. The van der Waals surface area contributed by atoms with Crippen molar-refractivity contribution < 1.29 is 17.6 Å². The van der Waals surface area contributed by atoms with Gasteiger partial charge in [-0.15, -0.1) is 0 Å². The lowest BCUT2D eigenvalue weighted by molar-refractivity contribution is 0.102. The maximum atomic E-state index is 13.0. The Balaban J connectivity index is 1.88. The Labute approximate surface area is 145 Å². The number of sulfonamides is 1. The molecule has 0 unspecified atom stereocenters. The summed E-state index contributed by atoms with van der Waals surface area (Å²) < 4.78 is 40.1. The summed E-state index contributed by atoms with van der Waals surface area (Å²) in [5.41, 5.74) is 0.450. The van der Waals surface area contributed by atoms with Gasteiger partial charge in [-0.1, -0.05) is 12.1 Å². The fraction of sp³-hybridized carbons (Fsp3) is 0.235. The largest absolute Gasteiger partial charge is 0.321 e. The smallest absolute Gasteiger partial charge is 0.255 e. The van der Waals surface area contributed by atoms with E-state index in [0.717, 1.165) is 0 Å². The number of benzene rings is 2. The van der Waals surface area contributed by atoms with Gasteiger partial charge < -0.3 is 10.6 Å². The summed E-state index contributed by atoms with van der Waals surface area (Å²) in [7, 11) is -3.71. The highest BCUT2D eigenvalue weighted by atomic mass is 32.2. The van der Waals surface area contributed by atoms with E-state index in [1.807, 2.05) is 0 Å². The van der Waals surface area contributed by atoms with Crippen LogP contribution in [0.15, 0.2) is 53.4 Å². The monoisotopic (exact) mass is 363 g/mol. The number of carbonyl (C=O) groups excluding carboxylic acids is 1. The molecule has 0 bridgehead atoms. The van der Waals surface area contributed by atoms with E-state index in [2.05, 4.69) is 10.6 Å². The van der Waals surface area contributed by atoms with Gasteiger partial charge in [0.2, 0.25) is 10.0 Å². The molecule has 2 N–H and O–H groups in total. The molecule has 6 nitrogen and oxygen atoms in total. The first kappa shape index (κ1) is 17.5. The molecule has 2 aromatic carbocycles. The van der Waals surface area contributed by atoms with Crippen molar-refractivity contribution in [2.75, 3.05) is 31.5 Å². The highest BCUT2D eigenvalue weighted by Gasteiger charge is 2.28. The molecular weight excluding hydrogens is 345 g/mol. The number of rotatable bonds is 4. The van der Waals surface area contributed by atoms with E-state index in [1.165, 1.54) is 40.7 Å². The zero-order chi connectivity index (χ0) is 17.9. The molecule has 8 heteroatoms. The summed E-state index contributed by atoms with van der Waals surface area (Å²) in [6.45, 7) is 1.93. The van der Waals surface area contributed by atoms with Crippen molar-refractivity contribution in [1.82, 2.24) is 9.62 Å². The van der Waals surface area contributed by atoms with Crippen LogP contribution in [0.3, 0.4) is 0 Å². The molecule has 1 fully saturated rings. The van der Waals surface area contributed by atoms with Crippen LogP contribution in [0.4, 0.5) is 10.1 Å². The average Bonchev–Trinajstić information content (AvgIpc) is 2.63. The molecule has 1 saturated heterocycles. The van der Waals surface area contributed by atoms with Crippen molar-refractivity contribution >= 4 is 21.6 Å². The number of amides is 1. The molecule has 1 amide bonds. The molecule has 0 spiro atoms. The van der Waals surface area contributed by atoms with Gasteiger partial charge in [-0.2, -0.15) is 4.31 Å². The summed E-state index contributed by atoms with van der Waals surface area (Å²) in [6.07, 6.45) is 0. The first-order chi connectivity index (χ1) is 12.0. The minimum absolute atomic E-state index is 0.0485. The van der Waals surface area contributed by atoms with Gasteiger partial charge in [0.15, 0.2) is 0 Å². The van der Waals surface area contributed by atoms with Gasteiger partial charge in [0.1, 0.15) is 10.7 Å². The molecule has 0 aromatic heterocycles. The van der Waals surface area contributed by atoms with E-state index >= 15 is 0 Å². The Hall–Kier alpha value is -2.29. The van der Waals surface area contributed by atoms with Gasteiger partial charge in [-0.3, -0.25) is 4.79 Å². The third-order valence-electron chi connectivity index (χ3n) is 3.94. The third-order valence-corrected chi connectivity index (χ3v) is 5.89. The molecule has 3 rings (SSSR count). The first-order valence-corrected chi connectivity index (χ1v) is 9.29. The van der Waals surface area contributed by atoms with Crippen LogP contribution in [-0.4, -0.2) is 44.8 Å². The highest BCUT2D eigenvalue weighted by molar-refractivity contribution is 7.89. The maximum Gasteiger partial charge on any atom is 0.255 e. The fourth-order valence-electron chi connectivity index (χ4n) is 2.61. The Kier molecular flexibility index (Phi) is 5.12. The summed E-state index contributed by atoms with van der Waals surface area (Å²) >= 11 is 0. The molecule has 0 saturated carbocycles. The number of hydrogen-bond donors (Lipinski definition) is 2. The summed E-state index contributed by atoms with van der Waals surface area (Å²) in [6, 6.07) is 11.3. The zero-order valence-corrected chi connectivity index (χ0v) is 14.2. The van der Waals surface area contributed by atoms with Crippen LogP contribution < -0.4 is 10.6 Å². The maximum absolute atomic E-state index is 13.0. The van der Waals surface area contributed by atoms with Gasteiger partial charge in [-0.05, 0) is 36.4 Å². The van der Waals surface area contributed by atoms with Gasteiger partial charge in [0.05, 0.1) is 5.69 Å². The van der Waals surface area contributed by atoms with Gasteiger partial charge in [0.25, 0.3) is 5.91 Å². The molecule has 1 aliphatic heterocycles. The van der Waals surface area contributed by atoms with Gasteiger partial charge in [0, 0.05) is 31.7 Å². The minimum atomic E-state index is -3.71. The summed E-state index contributed by atoms with van der Waals surface area (Å²) in [4.78, 5) is 12.4. The van der Waals surface area contributed by atoms with Crippen LogP contribution >= 0.6 is 0 Å². The minimum Gasteiger partial charge on any atom is -0.321 e. The topological polar surface area (TPSA) is 78.5 Å². The molecule has 0 radical (unpaired) electrons. The summed E-state index contributed by atoms with van der Waals surface area (Å²) in [5.74, 6) is -0.943. The van der Waals surface area contributed by atoms with E-state index in [9.17, 15) is 17.6 Å². The van der Waals surface area contributed by atoms with Crippen LogP contribution in [0.25, 0.3) is 0 Å². The molecular formula is C17H18FN3O3S. The zero-order valence-electron chi connectivity index (χ0n) is 13.4. The second kappa shape index (κ2) is 7.30. The second-order valence-electron chi connectivity index (χ2n) is 5.61. The van der Waals surface area contributed by atoms with Gasteiger partial charge in [-0.25, -0.2) is 12.8 Å². The number of para-hydroxylation sites is 1. The van der Waals surface area contributed by atoms with Crippen molar-refractivity contribution in [3.63, 3.8) is 0 Å². The Morgan fingerprint density at radius 3 is 2.36 bits per heavy atom. The standard InChI is InChI=1S/C17H18FN3O3S/c18-14-7-5-13(6-8-14)17(22)20-15-3-1-2-4-16(15)25(23,24)21-11-9-19-10-12-21/h1-8,19H,9-12H2,(H,20,22). The van der Waals surface area contributed by atoms with Crippen molar-refractivity contribution in [2.45, 2.75) is 4.90 Å². The van der Waals surface area contributed by atoms with Crippen LogP contribution in [0.2, 0.25) is 0 Å². The van der Waals surface area contributed by atoms with Crippen LogP contribution in [0, 0.1) is 5.82 Å². The van der Waals surface area contributed by atoms with Crippen molar-refractivity contribution in [2.24, 2.45) is 0 Å². The number of nitrogens with zero attached hydrogens (tertiary/aromatic N) is 1. The number of hydrogen-bond acceptors (Lipinski definition) is 4. The lowest BCUT2D eigenvalue weighted by Crippen LogP contribution is -2.46. The number of anilines is 1. The fourth-order valence-corrected chi connectivity index (χ4v) is 4.20. The molecule has 1 aliphatic rings. The number of piperazine rings is 1. The van der Waals surface area contributed by atoms with E-state index in [4.69, 9.17) is 0 Å². The Bertz CT molecular complexity index is 863. The van der Waals surface area contributed by atoms with Crippen molar-refractivity contribution in [3.05, 3.63) is 59.9 Å². The van der Waals surface area contributed by atoms with Crippen LogP contribution in [0.5, 0.6) is 0 Å². The molecule has 0 aliphatic carbocycles. The second-order valence-corrected chi connectivity index (χ2v) is 7.52. The molecule has 2 aromatic rings. The number of nitrogens with one attached hydrogen (secondary N) is 2. The van der Waals surface area contributed by atoms with Crippen LogP contribution in [-0.2, 0) is 10.0 Å². The van der Waals surface area contributed by atoms with E-state index in [-0.39, 0.29) is 16.1 Å². The lowest BCUT2D eigenvalue weighted by Gasteiger charge is -2.27. The van der Waals surface area contributed by atoms with Crippen molar-refractivity contribution in [3.8, 4) is 0 Å². The quantitative estimate of drug-likeness (QED) is 0.866. The van der Waals surface area contributed by atoms with Crippen molar-refractivity contribution in [1.29, 1.82) is 0 Å². The van der Waals surface area contributed by atoms with Gasteiger partial charge >= 0.3 is 0 Å². The number of carbonyl (C=O) groups is 1. The van der Waals surface area contributed by atoms with Crippen LogP contribution in [0.1, 0.15) is 10.4 Å². The Morgan fingerprint density at radius 1 is 1.04 bits per heavy atom. The third kappa shape index (κ3) is 3.87. The molecule has 132 valence electrons. The SMILES string of the molecule is O=C(Nc1ccccc1S(=O)(=O)N1CCNCC1)c1ccc(F)cc1.